The Hall–Kier alpha value is -2.38. The molecule has 8 nitrogen and oxygen atoms in total. The molecule has 33 heavy (non-hydrogen) atoms. The van der Waals surface area contributed by atoms with Crippen LogP contribution in [0, 0.1) is 0 Å². The number of alkyl halides is 3. The number of anilines is 1. The molecule has 2 heterocycles. The number of sulfonamides is 1. The van der Waals surface area contributed by atoms with Gasteiger partial charge in [0.25, 0.3) is 0 Å². The van der Waals surface area contributed by atoms with Crippen molar-refractivity contribution in [1.82, 2.24) is 4.72 Å². The van der Waals surface area contributed by atoms with Gasteiger partial charge in [-0.3, -0.25) is 5.32 Å². The second kappa shape index (κ2) is 9.11. The minimum atomic E-state index is -4.56. The molecule has 0 bridgehead atoms. The molecular formula is C20H18ClF3N2O6S. The molecule has 2 saturated heterocycles. The Kier molecular flexibility index (Phi) is 6.56. The topological polar surface area (TPSA) is 103 Å². The van der Waals surface area contributed by atoms with Gasteiger partial charge in [0.15, 0.2) is 6.10 Å². The van der Waals surface area contributed by atoms with Gasteiger partial charge in [-0.15, -0.1) is 0 Å². The average molecular weight is 507 g/mol. The summed E-state index contributed by atoms with van der Waals surface area (Å²) >= 11 is 5.79. The molecule has 2 aromatic rings. The third-order valence-corrected chi connectivity index (χ3v) is 6.89. The third-order valence-electron chi connectivity index (χ3n) is 5.13. The summed E-state index contributed by atoms with van der Waals surface area (Å²) < 4.78 is 82.7. The van der Waals surface area contributed by atoms with Gasteiger partial charge in [0.05, 0.1) is 29.7 Å². The van der Waals surface area contributed by atoms with E-state index in [1.165, 1.54) is 30.3 Å². The first-order valence-electron chi connectivity index (χ1n) is 9.69. The Labute approximate surface area is 192 Å². The van der Waals surface area contributed by atoms with Gasteiger partial charge in [0, 0.05) is 10.7 Å². The highest BCUT2D eigenvalue weighted by Gasteiger charge is 2.50. The fourth-order valence-electron chi connectivity index (χ4n) is 3.61. The number of halogens is 4. The van der Waals surface area contributed by atoms with E-state index in [9.17, 15) is 26.4 Å². The third kappa shape index (κ3) is 5.41. The SMILES string of the molecule is O=C(Nc1cccc(C(F)(F)F)c1)O[C@H]1CO[C@@H]2[C@@H]1OC[C@@H]2NS(=O)(=O)c1ccc(Cl)cc1. The van der Waals surface area contributed by atoms with Crippen molar-refractivity contribution in [3.8, 4) is 0 Å². The summed E-state index contributed by atoms with van der Waals surface area (Å²) in [4.78, 5) is 12.2. The van der Waals surface area contributed by atoms with E-state index in [4.69, 9.17) is 25.8 Å². The van der Waals surface area contributed by atoms with Crippen LogP contribution in [-0.4, -0.2) is 52.1 Å². The summed E-state index contributed by atoms with van der Waals surface area (Å²) in [6.07, 6.45) is -7.86. The molecule has 2 aromatic carbocycles. The Balaban J connectivity index is 1.35. The van der Waals surface area contributed by atoms with Crippen molar-refractivity contribution in [3.05, 3.63) is 59.1 Å². The van der Waals surface area contributed by atoms with Crippen LogP contribution in [-0.2, 0) is 30.4 Å². The molecule has 13 heteroatoms. The van der Waals surface area contributed by atoms with Crippen LogP contribution in [0.3, 0.4) is 0 Å². The molecule has 0 spiro atoms. The largest absolute Gasteiger partial charge is 0.441 e. The molecular weight excluding hydrogens is 489 g/mol. The van der Waals surface area contributed by atoms with E-state index in [-0.39, 0.29) is 23.8 Å². The van der Waals surface area contributed by atoms with Crippen LogP contribution < -0.4 is 10.0 Å². The van der Waals surface area contributed by atoms with E-state index in [0.29, 0.717) is 5.02 Å². The van der Waals surface area contributed by atoms with Crippen LogP contribution in [0.4, 0.5) is 23.7 Å². The highest BCUT2D eigenvalue weighted by atomic mass is 35.5. The second-order valence-electron chi connectivity index (χ2n) is 7.42. The predicted molar refractivity (Wildman–Crippen MR) is 110 cm³/mol. The quantitative estimate of drug-likeness (QED) is 0.644. The van der Waals surface area contributed by atoms with Gasteiger partial charge in [-0.25, -0.2) is 17.9 Å². The van der Waals surface area contributed by atoms with Crippen molar-refractivity contribution < 1.29 is 40.6 Å². The van der Waals surface area contributed by atoms with Crippen molar-refractivity contribution in [2.75, 3.05) is 18.5 Å². The first-order chi connectivity index (χ1) is 15.5. The van der Waals surface area contributed by atoms with Crippen LogP contribution in [0.15, 0.2) is 53.4 Å². The van der Waals surface area contributed by atoms with Crippen LogP contribution in [0.1, 0.15) is 5.56 Å². The normalized spacial score (nSPS) is 25.0. The lowest BCUT2D eigenvalue weighted by molar-refractivity contribution is -0.137. The Morgan fingerprint density at radius 3 is 2.45 bits per heavy atom. The highest BCUT2D eigenvalue weighted by Crippen LogP contribution is 2.32. The van der Waals surface area contributed by atoms with Crippen LogP contribution in [0.2, 0.25) is 5.02 Å². The van der Waals surface area contributed by atoms with E-state index in [2.05, 4.69) is 10.0 Å². The lowest BCUT2D eigenvalue weighted by atomic mass is 10.1. The first-order valence-corrected chi connectivity index (χ1v) is 11.5. The minimum absolute atomic E-state index is 0.0154. The Morgan fingerprint density at radius 2 is 1.76 bits per heavy atom. The zero-order valence-electron chi connectivity index (χ0n) is 16.7. The lowest BCUT2D eigenvalue weighted by Crippen LogP contribution is -2.44. The number of benzene rings is 2. The van der Waals surface area contributed by atoms with Crippen LogP contribution >= 0.6 is 11.6 Å². The van der Waals surface area contributed by atoms with Crippen LogP contribution in [0.5, 0.6) is 0 Å². The average Bonchev–Trinajstić information content (AvgIpc) is 3.31. The molecule has 1 amide bonds. The molecule has 0 aromatic heterocycles. The van der Waals surface area contributed by atoms with Gasteiger partial charge < -0.3 is 14.2 Å². The number of nitrogens with one attached hydrogen (secondary N) is 2. The van der Waals surface area contributed by atoms with Crippen LogP contribution in [0.25, 0.3) is 0 Å². The molecule has 2 aliphatic rings. The number of ether oxygens (including phenoxy) is 3. The van der Waals surface area contributed by atoms with Crippen molar-refractivity contribution in [3.63, 3.8) is 0 Å². The number of hydrogen-bond acceptors (Lipinski definition) is 6. The summed E-state index contributed by atoms with van der Waals surface area (Å²) in [7, 11) is -3.88. The van der Waals surface area contributed by atoms with Crippen molar-refractivity contribution in [2.45, 2.75) is 35.4 Å². The summed E-state index contributed by atoms with van der Waals surface area (Å²) in [5.74, 6) is 0. The predicted octanol–water partition coefficient (Wildman–Crippen LogP) is 3.42. The first kappa shape index (κ1) is 23.8. The van der Waals surface area contributed by atoms with E-state index in [1.54, 1.807) is 0 Å². The molecule has 0 aliphatic carbocycles. The molecule has 178 valence electrons. The van der Waals surface area contributed by atoms with Crippen molar-refractivity contribution >= 4 is 33.4 Å². The highest BCUT2D eigenvalue weighted by molar-refractivity contribution is 7.89. The molecule has 2 aliphatic heterocycles. The number of amides is 1. The Morgan fingerprint density at radius 1 is 1.06 bits per heavy atom. The Bertz CT molecular complexity index is 1130. The van der Waals surface area contributed by atoms with Gasteiger partial charge in [0.1, 0.15) is 12.2 Å². The summed E-state index contributed by atoms with van der Waals surface area (Å²) in [6.45, 7) is -0.0816. The molecule has 2 fully saturated rings. The smallest absolute Gasteiger partial charge is 0.416 e. The van der Waals surface area contributed by atoms with Gasteiger partial charge in [-0.05, 0) is 42.5 Å². The lowest BCUT2D eigenvalue weighted by Gasteiger charge is -2.18. The maximum atomic E-state index is 12.8. The van der Waals surface area contributed by atoms with E-state index >= 15 is 0 Å². The maximum Gasteiger partial charge on any atom is 0.416 e. The number of fused-ring (bicyclic) bond motifs is 1. The van der Waals surface area contributed by atoms with E-state index in [0.717, 1.165) is 18.2 Å². The molecule has 4 atom stereocenters. The van der Waals surface area contributed by atoms with Gasteiger partial charge in [-0.1, -0.05) is 17.7 Å². The standard InChI is InChI=1S/C20H18ClF3N2O6S/c21-12-4-6-14(7-5-12)33(28,29)26-15-9-30-18-16(10-31-17(15)18)32-19(27)25-13-3-1-2-11(8-13)20(22,23)24/h1-8,15-18,26H,9-10H2,(H,25,27)/t15-,16-,17-,18+/m0/s1. The second-order valence-corrected chi connectivity index (χ2v) is 9.58. The maximum absolute atomic E-state index is 12.8. The number of hydrogen-bond donors (Lipinski definition) is 2. The molecule has 2 N–H and O–H groups in total. The number of carbonyl (C=O) groups is 1. The molecule has 0 saturated carbocycles. The van der Waals surface area contributed by atoms with E-state index in [1.807, 2.05) is 0 Å². The minimum Gasteiger partial charge on any atom is -0.441 e. The monoisotopic (exact) mass is 506 g/mol. The summed E-state index contributed by atoms with van der Waals surface area (Å²) in [5, 5.41) is 2.63. The summed E-state index contributed by atoms with van der Waals surface area (Å²) in [6, 6.07) is 8.99. The number of rotatable bonds is 5. The van der Waals surface area contributed by atoms with Crippen molar-refractivity contribution in [2.24, 2.45) is 0 Å². The number of carbonyl (C=O) groups excluding carboxylic acids is 1. The van der Waals surface area contributed by atoms with Gasteiger partial charge in [0.2, 0.25) is 10.0 Å². The fraction of sp³-hybridized carbons (Fsp3) is 0.350. The zero-order valence-corrected chi connectivity index (χ0v) is 18.3. The zero-order chi connectivity index (χ0) is 23.8. The molecule has 0 unspecified atom stereocenters. The summed E-state index contributed by atoms with van der Waals surface area (Å²) in [5.41, 5.74) is -1.01. The molecule has 0 radical (unpaired) electrons. The van der Waals surface area contributed by atoms with Crippen molar-refractivity contribution in [1.29, 1.82) is 0 Å². The fourth-order valence-corrected chi connectivity index (χ4v) is 4.96. The van der Waals surface area contributed by atoms with Gasteiger partial charge in [-0.2, -0.15) is 13.2 Å². The van der Waals surface area contributed by atoms with E-state index < -0.39 is 52.2 Å². The molecule has 4 rings (SSSR count). The van der Waals surface area contributed by atoms with Gasteiger partial charge >= 0.3 is 12.3 Å².